The highest BCUT2D eigenvalue weighted by Gasteiger charge is 2.17. The Morgan fingerprint density at radius 3 is 2.88 bits per heavy atom. The first-order chi connectivity index (χ1) is 11.6. The van der Waals surface area contributed by atoms with Crippen molar-refractivity contribution in [2.24, 2.45) is 0 Å². The fourth-order valence-corrected chi connectivity index (χ4v) is 2.79. The molecule has 0 aliphatic rings. The van der Waals surface area contributed by atoms with Crippen LogP contribution in [0.2, 0.25) is 0 Å². The Kier molecular flexibility index (Phi) is 3.34. The second-order valence-electron chi connectivity index (χ2n) is 5.99. The van der Waals surface area contributed by atoms with Gasteiger partial charge in [0.15, 0.2) is 5.76 Å². The van der Waals surface area contributed by atoms with Crippen molar-refractivity contribution in [2.75, 3.05) is 0 Å². The van der Waals surface area contributed by atoms with Crippen LogP contribution in [0.25, 0.3) is 22.0 Å². The number of hydrogen-bond donors (Lipinski definition) is 2. The van der Waals surface area contributed by atoms with E-state index in [9.17, 15) is 4.79 Å². The molecule has 2 heterocycles. The second kappa shape index (κ2) is 5.53. The Morgan fingerprint density at radius 2 is 2.04 bits per heavy atom. The van der Waals surface area contributed by atoms with Gasteiger partial charge in [0.05, 0.1) is 17.1 Å². The third-order valence-corrected chi connectivity index (χ3v) is 4.06. The molecule has 5 heteroatoms. The van der Waals surface area contributed by atoms with Gasteiger partial charge >= 0.3 is 0 Å². The second-order valence-corrected chi connectivity index (χ2v) is 5.99. The number of fused-ring (bicyclic) bond motifs is 2. The standard InChI is InChI=1S/C19H17N3O2/c1-11-7-8-16-13(9-11)10-17(24-16)19(23)20-12(2)18-21-14-5-3-4-6-15(14)22-18/h3-10,12H,1-2H3,(H,20,23)(H,21,22). The van der Waals surface area contributed by atoms with Gasteiger partial charge in [0.25, 0.3) is 5.91 Å². The van der Waals surface area contributed by atoms with Crippen LogP contribution in [0.3, 0.4) is 0 Å². The van der Waals surface area contributed by atoms with Crippen molar-refractivity contribution in [2.45, 2.75) is 19.9 Å². The number of H-pyrrole nitrogens is 1. The normalized spacial score (nSPS) is 12.6. The molecule has 1 amide bonds. The molecule has 2 N–H and O–H groups in total. The molecule has 0 fully saturated rings. The van der Waals surface area contributed by atoms with Crippen molar-refractivity contribution >= 4 is 27.9 Å². The van der Waals surface area contributed by atoms with E-state index >= 15 is 0 Å². The van der Waals surface area contributed by atoms with Crippen LogP contribution in [-0.2, 0) is 0 Å². The Hall–Kier alpha value is -3.08. The Morgan fingerprint density at radius 1 is 1.21 bits per heavy atom. The lowest BCUT2D eigenvalue weighted by atomic mass is 10.2. The van der Waals surface area contributed by atoms with E-state index in [1.165, 1.54) is 0 Å². The SMILES string of the molecule is Cc1ccc2oc(C(=O)NC(C)c3nc4ccccc4[nH]3)cc2c1. The molecule has 4 aromatic rings. The van der Waals surface area contributed by atoms with Crippen LogP contribution in [0.5, 0.6) is 0 Å². The largest absolute Gasteiger partial charge is 0.451 e. The molecule has 0 spiro atoms. The number of carbonyl (C=O) groups is 1. The molecule has 0 radical (unpaired) electrons. The molecule has 120 valence electrons. The van der Waals surface area contributed by atoms with E-state index in [2.05, 4.69) is 15.3 Å². The van der Waals surface area contributed by atoms with Crippen LogP contribution in [0.4, 0.5) is 0 Å². The van der Waals surface area contributed by atoms with E-state index < -0.39 is 0 Å². The molecule has 0 saturated carbocycles. The molecular weight excluding hydrogens is 302 g/mol. The Labute approximate surface area is 138 Å². The zero-order valence-electron chi connectivity index (χ0n) is 13.5. The number of para-hydroxylation sites is 2. The van der Waals surface area contributed by atoms with Crippen LogP contribution >= 0.6 is 0 Å². The minimum Gasteiger partial charge on any atom is -0.451 e. The Balaban J connectivity index is 1.57. The average Bonchev–Trinajstić information content (AvgIpc) is 3.18. The molecule has 1 atom stereocenters. The fraction of sp³-hybridized carbons (Fsp3) is 0.158. The van der Waals surface area contributed by atoms with Gasteiger partial charge < -0.3 is 14.7 Å². The van der Waals surface area contributed by atoms with Crippen molar-refractivity contribution in [1.29, 1.82) is 0 Å². The molecule has 0 aliphatic heterocycles. The predicted octanol–water partition coefficient (Wildman–Crippen LogP) is 4.11. The van der Waals surface area contributed by atoms with E-state index in [1.807, 2.05) is 56.3 Å². The third-order valence-electron chi connectivity index (χ3n) is 4.06. The van der Waals surface area contributed by atoms with Crippen molar-refractivity contribution < 1.29 is 9.21 Å². The molecule has 2 aromatic heterocycles. The summed E-state index contributed by atoms with van der Waals surface area (Å²) in [6.45, 7) is 3.90. The van der Waals surface area contributed by atoms with E-state index in [1.54, 1.807) is 6.07 Å². The first kappa shape index (κ1) is 14.5. The summed E-state index contributed by atoms with van der Waals surface area (Å²) in [6.07, 6.45) is 0. The summed E-state index contributed by atoms with van der Waals surface area (Å²) in [7, 11) is 0. The summed E-state index contributed by atoms with van der Waals surface area (Å²) in [4.78, 5) is 20.2. The molecule has 0 bridgehead atoms. The van der Waals surface area contributed by atoms with Crippen molar-refractivity contribution in [3.05, 3.63) is 65.7 Å². The lowest BCUT2D eigenvalue weighted by Gasteiger charge is -2.09. The summed E-state index contributed by atoms with van der Waals surface area (Å²) < 4.78 is 5.64. The number of nitrogens with zero attached hydrogens (tertiary/aromatic N) is 1. The molecule has 0 aliphatic carbocycles. The molecule has 24 heavy (non-hydrogen) atoms. The van der Waals surface area contributed by atoms with E-state index in [4.69, 9.17) is 4.42 Å². The van der Waals surface area contributed by atoms with Crippen LogP contribution in [0.1, 0.15) is 34.9 Å². The topological polar surface area (TPSA) is 70.9 Å². The van der Waals surface area contributed by atoms with Gasteiger partial charge in [-0.15, -0.1) is 0 Å². The Bertz CT molecular complexity index is 1010. The number of benzene rings is 2. The zero-order valence-corrected chi connectivity index (χ0v) is 13.5. The molecule has 1 unspecified atom stereocenters. The van der Waals surface area contributed by atoms with Crippen LogP contribution < -0.4 is 5.32 Å². The average molecular weight is 319 g/mol. The maximum atomic E-state index is 12.5. The van der Waals surface area contributed by atoms with Gasteiger partial charge in [-0.3, -0.25) is 4.79 Å². The number of imidazole rings is 1. The van der Waals surface area contributed by atoms with Crippen LogP contribution in [0, 0.1) is 6.92 Å². The number of rotatable bonds is 3. The summed E-state index contributed by atoms with van der Waals surface area (Å²) in [5.74, 6) is 0.770. The number of amides is 1. The van der Waals surface area contributed by atoms with Crippen LogP contribution in [0.15, 0.2) is 52.9 Å². The first-order valence-corrected chi connectivity index (χ1v) is 7.86. The van der Waals surface area contributed by atoms with Gasteiger partial charge in [0, 0.05) is 5.39 Å². The van der Waals surface area contributed by atoms with Gasteiger partial charge in [-0.1, -0.05) is 23.8 Å². The smallest absolute Gasteiger partial charge is 0.287 e. The number of hydrogen-bond acceptors (Lipinski definition) is 3. The van der Waals surface area contributed by atoms with Gasteiger partial charge in [-0.25, -0.2) is 4.98 Å². The van der Waals surface area contributed by atoms with E-state index in [-0.39, 0.29) is 11.9 Å². The highest BCUT2D eigenvalue weighted by atomic mass is 16.3. The zero-order chi connectivity index (χ0) is 16.7. The maximum absolute atomic E-state index is 12.5. The summed E-state index contributed by atoms with van der Waals surface area (Å²) >= 11 is 0. The third kappa shape index (κ3) is 2.54. The fourth-order valence-electron chi connectivity index (χ4n) is 2.79. The summed E-state index contributed by atoms with van der Waals surface area (Å²) in [6, 6.07) is 15.1. The van der Waals surface area contributed by atoms with Gasteiger partial charge in [-0.05, 0) is 44.2 Å². The van der Waals surface area contributed by atoms with Gasteiger partial charge in [0.1, 0.15) is 11.4 Å². The highest BCUT2D eigenvalue weighted by molar-refractivity contribution is 5.96. The lowest BCUT2D eigenvalue weighted by molar-refractivity contribution is 0.0912. The lowest BCUT2D eigenvalue weighted by Crippen LogP contribution is -2.26. The predicted molar refractivity (Wildman–Crippen MR) is 92.9 cm³/mol. The minimum absolute atomic E-state index is 0.250. The first-order valence-electron chi connectivity index (χ1n) is 7.86. The monoisotopic (exact) mass is 319 g/mol. The number of nitrogens with one attached hydrogen (secondary N) is 2. The van der Waals surface area contributed by atoms with E-state index in [0.717, 1.165) is 27.8 Å². The highest BCUT2D eigenvalue weighted by Crippen LogP contribution is 2.21. The number of carbonyl (C=O) groups excluding carboxylic acids is 1. The number of aromatic nitrogens is 2. The van der Waals surface area contributed by atoms with E-state index in [0.29, 0.717) is 11.3 Å². The van der Waals surface area contributed by atoms with Gasteiger partial charge in [0.2, 0.25) is 0 Å². The minimum atomic E-state index is -0.253. The number of aromatic amines is 1. The van der Waals surface area contributed by atoms with Gasteiger partial charge in [-0.2, -0.15) is 0 Å². The molecule has 0 saturated heterocycles. The molecule has 2 aromatic carbocycles. The maximum Gasteiger partial charge on any atom is 0.287 e. The van der Waals surface area contributed by atoms with Crippen molar-refractivity contribution in [1.82, 2.24) is 15.3 Å². The van der Waals surface area contributed by atoms with Crippen LogP contribution in [-0.4, -0.2) is 15.9 Å². The molecule has 5 nitrogen and oxygen atoms in total. The number of furan rings is 1. The van der Waals surface area contributed by atoms with Crippen molar-refractivity contribution in [3.63, 3.8) is 0 Å². The van der Waals surface area contributed by atoms with Crippen molar-refractivity contribution in [3.8, 4) is 0 Å². The molecular formula is C19H17N3O2. The number of aryl methyl sites for hydroxylation is 1. The molecule has 4 rings (SSSR count). The quantitative estimate of drug-likeness (QED) is 0.597. The summed E-state index contributed by atoms with van der Waals surface area (Å²) in [5.41, 5.74) is 3.67. The summed E-state index contributed by atoms with van der Waals surface area (Å²) in [5, 5.41) is 3.85.